The average Bonchev–Trinajstić information content (AvgIpc) is 2.57. The van der Waals surface area contributed by atoms with E-state index in [4.69, 9.17) is 10.5 Å². The van der Waals surface area contributed by atoms with Crippen molar-refractivity contribution in [2.24, 2.45) is 5.73 Å². The van der Waals surface area contributed by atoms with Crippen LogP contribution in [0.1, 0.15) is 103 Å². The molecule has 0 saturated carbocycles. The van der Waals surface area contributed by atoms with E-state index < -0.39 is 6.10 Å². The lowest BCUT2D eigenvalue weighted by atomic mass is 10.0. The number of hydrogen-bond acceptors (Lipinski definition) is 2. The highest BCUT2D eigenvalue weighted by Gasteiger charge is 2.10. The number of hydrogen-bond donors (Lipinski definition) is 1. The minimum absolute atomic E-state index is 0.386. The summed E-state index contributed by atoms with van der Waals surface area (Å²) in [5.41, 5.74) is 5.22. The highest BCUT2D eigenvalue weighted by atomic mass is 16.5. The normalized spacial score (nSPS) is 12.8. The van der Waals surface area contributed by atoms with Crippen LogP contribution >= 0.6 is 0 Å². The largest absolute Gasteiger partial charge is 0.371 e. The van der Waals surface area contributed by atoms with Crippen molar-refractivity contribution in [3.63, 3.8) is 0 Å². The molecule has 24 heavy (non-hydrogen) atoms. The Labute approximate surface area is 150 Å². The van der Waals surface area contributed by atoms with Gasteiger partial charge in [-0.1, -0.05) is 96.1 Å². The average molecular weight is 340 g/mol. The molecule has 0 aliphatic heterocycles. The number of allylic oxidation sites excluding steroid dienone is 1. The van der Waals surface area contributed by atoms with Crippen LogP contribution in [0, 0.1) is 0 Å². The second-order valence-corrected chi connectivity index (χ2v) is 6.87. The first kappa shape index (κ1) is 23.2. The predicted octanol–water partition coefficient (Wildman–Crippen LogP) is 5.91. The van der Waals surface area contributed by atoms with E-state index in [-0.39, 0.29) is 5.91 Å². The Kier molecular flexibility index (Phi) is 17.9. The molecular weight excluding hydrogens is 298 g/mol. The van der Waals surface area contributed by atoms with E-state index in [0.29, 0.717) is 6.42 Å². The van der Waals surface area contributed by atoms with Crippen LogP contribution in [-0.2, 0) is 9.53 Å². The number of carbonyl (C=O) groups is 1. The third kappa shape index (κ3) is 16.0. The molecule has 0 aromatic rings. The molecule has 1 atom stereocenters. The quantitative estimate of drug-likeness (QED) is 0.249. The molecule has 0 aromatic heterocycles. The Balaban J connectivity index is 3.21. The summed E-state index contributed by atoms with van der Waals surface area (Å²) in [7, 11) is 1.52. The maximum absolute atomic E-state index is 11.0. The number of primary amides is 1. The van der Waals surface area contributed by atoms with Crippen molar-refractivity contribution in [3.8, 4) is 0 Å². The summed E-state index contributed by atoms with van der Waals surface area (Å²) in [5, 5.41) is 0. The zero-order valence-corrected chi connectivity index (χ0v) is 16.2. The Hall–Kier alpha value is -0.830. The Morgan fingerprint density at radius 1 is 0.833 bits per heavy atom. The molecule has 0 aliphatic carbocycles. The maximum atomic E-state index is 11.0. The zero-order valence-electron chi connectivity index (χ0n) is 16.2. The van der Waals surface area contributed by atoms with Gasteiger partial charge in [0.05, 0.1) is 0 Å². The molecular formula is C21H41NO2. The lowest BCUT2D eigenvalue weighted by molar-refractivity contribution is -0.127. The van der Waals surface area contributed by atoms with E-state index in [1.165, 1.54) is 90.6 Å². The topological polar surface area (TPSA) is 52.3 Å². The fourth-order valence-corrected chi connectivity index (χ4v) is 2.95. The van der Waals surface area contributed by atoms with Crippen molar-refractivity contribution in [3.05, 3.63) is 12.2 Å². The molecule has 3 heteroatoms. The van der Waals surface area contributed by atoms with Crippen molar-refractivity contribution in [2.45, 2.75) is 109 Å². The number of nitrogens with two attached hydrogens (primary N) is 1. The standard InChI is InChI=1S/C21H41NO2/c1-3-4-5-6-7-8-9-10-11-12-13-14-15-16-17-18-19-20(24-2)21(22)23/h17-18,20H,3-16,19H2,1-2H3,(H2,22,23). The highest BCUT2D eigenvalue weighted by Crippen LogP contribution is 2.13. The summed E-state index contributed by atoms with van der Waals surface area (Å²) in [4.78, 5) is 11.0. The first-order valence-corrected chi connectivity index (χ1v) is 10.2. The van der Waals surface area contributed by atoms with E-state index in [0.717, 1.165) is 6.42 Å². The van der Waals surface area contributed by atoms with Crippen LogP contribution in [0.15, 0.2) is 12.2 Å². The van der Waals surface area contributed by atoms with Crippen molar-refractivity contribution in [2.75, 3.05) is 7.11 Å². The number of carbonyl (C=O) groups excluding carboxylic acids is 1. The van der Waals surface area contributed by atoms with Gasteiger partial charge in [-0.2, -0.15) is 0 Å². The van der Waals surface area contributed by atoms with Crippen LogP contribution in [0.4, 0.5) is 0 Å². The van der Waals surface area contributed by atoms with Gasteiger partial charge in [-0.3, -0.25) is 4.79 Å². The molecule has 0 heterocycles. The molecule has 0 aliphatic rings. The molecule has 0 saturated heterocycles. The summed E-state index contributed by atoms with van der Waals surface area (Å²) in [6.45, 7) is 2.27. The van der Waals surface area contributed by atoms with Crippen LogP contribution in [0.3, 0.4) is 0 Å². The second-order valence-electron chi connectivity index (χ2n) is 6.87. The van der Waals surface area contributed by atoms with Gasteiger partial charge in [0.1, 0.15) is 6.10 Å². The Morgan fingerprint density at radius 3 is 1.71 bits per heavy atom. The van der Waals surface area contributed by atoms with Crippen LogP contribution < -0.4 is 5.73 Å². The Morgan fingerprint density at radius 2 is 1.29 bits per heavy atom. The van der Waals surface area contributed by atoms with E-state index in [9.17, 15) is 4.79 Å². The van der Waals surface area contributed by atoms with Crippen LogP contribution in [0.5, 0.6) is 0 Å². The first-order valence-electron chi connectivity index (χ1n) is 10.2. The van der Waals surface area contributed by atoms with Crippen molar-refractivity contribution in [1.82, 2.24) is 0 Å². The molecule has 0 rings (SSSR count). The first-order chi connectivity index (χ1) is 11.7. The number of methoxy groups -OCH3 is 1. The molecule has 3 nitrogen and oxygen atoms in total. The lowest BCUT2D eigenvalue weighted by Gasteiger charge is -2.07. The maximum Gasteiger partial charge on any atom is 0.246 e. The third-order valence-corrected chi connectivity index (χ3v) is 4.59. The minimum atomic E-state index is -0.479. The lowest BCUT2D eigenvalue weighted by Crippen LogP contribution is -2.29. The van der Waals surface area contributed by atoms with Crippen LogP contribution in [0.25, 0.3) is 0 Å². The van der Waals surface area contributed by atoms with Gasteiger partial charge in [-0.05, 0) is 12.8 Å². The molecule has 1 unspecified atom stereocenters. The molecule has 1 amide bonds. The molecule has 0 radical (unpaired) electrons. The van der Waals surface area contributed by atoms with Gasteiger partial charge in [-0.25, -0.2) is 0 Å². The number of rotatable bonds is 18. The summed E-state index contributed by atoms with van der Waals surface area (Å²) >= 11 is 0. The smallest absolute Gasteiger partial charge is 0.246 e. The van der Waals surface area contributed by atoms with Gasteiger partial charge in [0, 0.05) is 13.5 Å². The minimum Gasteiger partial charge on any atom is -0.371 e. The zero-order chi connectivity index (χ0) is 17.9. The SMILES string of the molecule is CCCCCCCCCCCCCCCC=CCC(OC)C(N)=O. The van der Waals surface area contributed by atoms with E-state index in [1.807, 2.05) is 6.08 Å². The van der Waals surface area contributed by atoms with Crippen molar-refractivity contribution >= 4 is 5.91 Å². The predicted molar refractivity (Wildman–Crippen MR) is 104 cm³/mol. The van der Waals surface area contributed by atoms with Crippen molar-refractivity contribution in [1.29, 1.82) is 0 Å². The van der Waals surface area contributed by atoms with Crippen molar-refractivity contribution < 1.29 is 9.53 Å². The molecule has 0 bridgehead atoms. The summed E-state index contributed by atoms with van der Waals surface area (Å²) < 4.78 is 5.01. The number of unbranched alkanes of at least 4 members (excludes halogenated alkanes) is 13. The van der Waals surface area contributed by atoms with Gasteiger partial charge in [0.2, 0.25) is 5.91 Å². The summed E-state index contributed by atoms with van der Waals surface area (Å²) in [6.07, 6.45) is 23.4. The van der Waals surface area contributed by atoms with Crippen LogP contribution in [-0.4, -0.2) is 19.1 Å². The number of ether oxygens (including phenoxy) is 1. The van der Waals surface area contributed by atoms with Gasteiger partial charge >= 0.3 is 0 Å². The second kappa shape index (κ2) is 18.5. The van der Waals surface area contributed by atoms with E-state index in [1.54, 1.807) is 0 Å². The van der Waals surface area contributed by atoms with Gasteiger partial charge in [-0.15, -0.1) is 0 Å². The third-order valence-electron chi connectivity index (χ3n) is 4.59. The molecule has 142 valence electrons. The fraction of sp³-hybridized carbons (Fsp3) is 0.857. The summed E-state index contributed by atoms with van der Waals surface area (Å²) in [5.74, 6) is -0.386. The van der Waals surface area contributed by atoms with Gasteiger partial charge in [0.15, 0.2) is 0 Å². The summed E-state index contributed by atoms with van der Waals surface area (Å²) in [6, 6.07) is 0. The highest BCUT2D eigenvalue weighted by molar-refractivity contribution is 5.78. The molecule has 0 aromatic carbocycles. The van der Waals surface area contributed by atoms with Crippen LogP contribution in [0.2, 0.25) is 0 Å². The monoisotopic (exact) mass is 339 g/mol. The van der Waals surface area contributed by atoms with Gasteiger partial charge in [0.25, 0.3) is 0 Å². The Bertz CT molecular complexity index is 302. The molecule has 2 N–H and O–H groups in total. The van der Waals surface area contributed by atoms with Gasteiger partial charge < -0.3 is 10.5 Å². The number of amides is 1. The van der Waals surface area contributed by atoms with E-state index in [2.05, 4.69) is 13.0 Å². The van der Waals surface area contributed by atoms with E-state index >= 15 is 0 Å². The fourth-order valence-electron chi connectivity index (χ4n) is 2.95. The molecule has 0 spiro atoms. The molecule has 0 fully saturated rings.